The number of halogens is 1. The van der Waals surface area contributed by atoms with Crippen molar-refractivity contribution in [2.24, 2.45) is 5.92 Å². The highest BCUT2D eigenvalue weighted by molar-refractivity contribution is 14.1. The molecule has 0 heterocycles. The van der Waals surface area contributed by atoms with E-state index in [0.29, 0.717) is 6.61 Å². The zero-order valence-corrected chi connectivity index (χ0v) is 7.84. The molecule has 0 atom stereocenters. The van der Waals surface area contributed by atoms with Crippen molar-refractivity contribution in [2.45, 2.75) is 13.8 Å². The Morgan fingerprint density at radius 1 is 1.67 bits per heavy atom. The average Bonchev–Trinajstić information content (AvgIpc) is 1.82. The maximum absolute atomic E-state index is 10.7. The number of carbonyl (C=O) groups excluding carboxylic acids is 1. The lowest BCUT2D eigenvalue weighted by molar-refractivity contribution is -0.146. The van der Waals surface area contributed by atoms with Gasteiger partial charge < -0.3 is 4.74 Å². The summed E-state index contributed by atoms with van der Waals surface area (Å²) in [6.45, 7) is 4.20. The second-order valence-electron chi connectivity index (χ2n) is 2.01. The number of hydrogen-bond acceptors (Lipinski definition) is 2. The highest BCUT2D eigenvalue weighted by Crippen LogP contribution is 1.95. The van der Waals surface area contributed by atoms with E-state index in [1.165, 1.54) is 0 Å². The molecule has 0 aliphatic carbocycles. The van der Waals surface area contributed by atoms with E-state index in [4.69, 9.17) is 4.74 Å². The van der Waals surface area contributed by atoms with Gasteiger partial charge in [0.05, 0.1) is 5.92 Å². The number of esters is 1. The molecule has 0 radical (unpaired) electrons. The summed E-state index contributed by atoms with van der Waals surface area (Å²) < 4.78 is 5.68. The molecule has 0 fully saturated rings. The van der Waals surface area contributed by atoms with Crippen molar-refractivity contribution in [3.05, 3.63) is 0 Å². The molecule has 0 aromatic heterocycles. The third kappa shape index (κ3) is 4.69. The number of hydrogen-bond donors (Lipinski definition) is 0. The second kappa shape index (κ2) is 5.02. The molecule has 0 spiro atoms. The van der Waals surface area contributed by atoms with Gasteiger partial charge in [0.2, 0.25) is 0 Å². The number of alkyl halides is 1. The minimum absolute atomic E-state index is 0.00736. The van der Waals surface area contributed by atoms with Gasteiger partial charge in [-0.15, -0.1) is 0 Å². The summed E-state index contributed by atoms with van der Waals surface area (Å²) >= 11 is 2.17. The summed E-state index contributed by atoms with van der Waals surface area (Å²) in [6.07, 6.45) is 0. The Labute approximate surface area is 69.1 Å². The van der Waals surface area contributed by atoms with E-state index >= 15 is 0 Å². The van der Waals surface area contributed by atoms with Gasteiger partial charge in [0, 0.05) is 4.43 Å². The van der Waals surface area contributed by atoms with E-state index in [2.05, 4.69) is 22.6 Å². The first kappa shape index (κ1) is 9.20. The molecule has 3 heteroatoms. The first-order valence-electron chi connectivity index (χ1n) is 2.91. The van der Waals surface area contributed by atoms with Crippen LogP contribution in [0.4, 0.5) is 0 Å². The van der Waals surface area contributed by atoms with Crippen molar-refractivity contribution in [1.82, 2.24) is 0 Å². The fraction of sp³-hybridized carbons (Fsp3) is 0.833. The average molecular weight is 242 g/mol. The van der Waals surface area contributed by atoms with Crippen molar-refractivity contribution < 1.29 is 9.53 Å². The molecule has 0 amide bonds. The molecule has 0 saturated heterocycles. The van der Waals surface area contributed by atoms with Crippen LogP contribution in [-0.2, 0) is 9.53 Å². The quantitative estimate of drug-likeness (QED) is 0.427. The summed E-state index contributed by atoms with van der Waals surface area (Å²) in [5.41, 5.74) is 0. The van der Waals surface area contributed by atoms with Gasteiger partial charge in [-0.3, -0.25) is 4.79 Å². The Bertz CT molecular complexity index is 91.1. The maximum atomic E-state index is 10.7. The smallest absolute Gasteiger partial charge is 0.308 e. The molecule has 0 saturated carbocycles. The van der Waals surface area contributed by atoms with Crippen LogP contribution in [0.1, 0.15) is 13.8 Å². The van der Waals surface area contributed by atoms with E-state index in [1.807, 2.05) is 13.8 Å². The molecule has 2 nitrogen and oxygen atoms in total. The summed E-state index contributed by atoms with van der Waals surface area (Å²) in [4.78, 5) is 10.7. The highest BCUT2D eigenvalue weighted by atomic mass is 127. The molecule has 0 N–H and O–H groups in total. The molecule has 0 aliphatic rings. The van der Waals surface area contributed by atoms with Gasteiger partial charge in [-0.05, 0) is 0 Å². The Balaban J connectivity index is 3.28. The highest BCUT2D eigenvalue weighted by Gasteiger charge is 2.05. The van der Waals surface area contributed by atoms with Gasteiger partial charge in [-0.1, -0.05) is 36.4 Å². The van der Waals surface area contributed by atoms with E-state index < -0.39 is 0 Å². The Kier molecular flexibility index (Phi) is 5.13. The number of rotatable bonds is 3. The molecular weight excluding hydrogens is 231 g/mol. The first-order valence-corrected chi connectivity index (χ1v) is 4.43. The minimum atomic E-state index is -0.105. The van der Waals surface area contributed by atoms with Crippen molar-refractivity contribution in [2.75, 3.05) is 11.0 Å². The van der Waals surface area contributed by atoms with Crippen molar-refractivity contribution >= 4 is 28.6 Å². The van der Waals surface area contributed by atoms with E-state index in [9.17, 15) is 4.79 Å². The second-order valence-corrected chi connectivity index (χ2v) is 3.09. The molecule has 0 bridgehead atoms. The largest absolute Gasteiger partial charge is 0.465 e. The standard InChI is InChI=1S/C6H11IO2/c1-5(2)6(8)9-4-3-7/h5H,3-4H2,1-2H3. The van der Waals surface area contributed by atoms with Gasteiger partial charge in [0.25, 0.3) is 0 Å². The molecule has 0 aliphatic heterocycles. The normalized spacial score (nSPS) is 9.78. The van der Waals surface area contributed by atoms with Crippen LogP contribution in [0.2, 0.25) is 0 Å². The fourth-order valence-electron chi connectivity index (χ4n) is 0.306. The first-order chi connectivity index (χ1) is 4.18. The van der Waals surface area contributed by atoms with Crippen LogP contribution < -0.4 is 0 Å². The minimum Gasteiger partial charge on any atom is -0.465 e. The van der Waals surface area contributed by atoms with Crippen molar-refractivity contribution in [1.29, 1.82) is 0 Å². The Morgan fingerprint density at radius 3 is 2.56 bits per heavy atom. The van der Waals surface area contributed by atoms with Crippen LogP contribution in [0.25, 0.3) is 0 Å². The van der Waals surface area contributed by atoms with Crippen molar-refractivity contribution in [3.63, 3.8) is 0 Å². The summed E-state index contributed by atoms with van der Waals surface area (Å²) in [5.74, 6) is -0.0976. The molecule has 0 aromatic rings. The molecular formula is C6H11IO2. The van der Waals surface area contributed by atoms with Crippen molar-refractivity contribution in [3.8, 4) is 0 Å². The molecule has 0 unspecified atom stereocenters. The maximum Gasteiger partial charge on any atom is 0.308 e. The molecule has 54 valence electrons. The van der Waals surface area contributed by atoms with Gasteiger partial charge in [0.1, 0.15) is 6.61 Å². The zero-order valence-electron chi connectivity index (χ0n) is 5.69. The van der Waals surface area contributed by atoms with Crippen LogP contribution in [0.3, 0.4) is 0 Å². The predicted octanol–water partition coefficient (Wildman–Crippen LogP) is 1.62. The van der Waals surface area contributed by atoms with Crippen LogP contribution in [-0.4, -0.2) is 17.0 Å². The molecule has 9 heavy (non-hydrogen) atoms. The summed E-state index contributed by atoms with van der Waals surface area (Å²) in [7, 11) is 0. The van der Waals surface area contributed by atoms with E-state index in [0.717, 1.165) is 4.43 Å². The van der Waals surface area contributed by atoms with Gasteiger partial charge in [-0.2, -0.15) is 0 Å². The zero-order chi connectivity index (χ0) is 7.28. The Hall–Kier alpha value is 0.200. The third-order valence-corrected chi connectivity index (χ3v) is 1.23. The summed E-state index contributed by atoms with van der Waals surface area (Å²) in [6, 6.07) is 0. The lowest BCUT2D eigenvalue weighted by Crippen LogP contribution is -2.12. The lowest BCUT2D eigenvalue weighted by atomic mass is 10.2. The molecule has 0 rings (SSSR count). The van der Waals surface area contributed by atoms with Crippen LogP contribution in [0, 0.1) is 5.92 Å². The SMILES string of the molecule is CC(C)C(=O)OCCI. The van der Waals surface area contributed by atoms with Crippen LogP contribution in [0.5, 0.6) is 0 Å². The number of carbonyl (C=O) groups is 1. The summed E-state index contributed by atoms with van der Waals surface area (Å²) in [5, 5.41) is 0. The lowest BCUT2D eigenvalue weighted by Gasteiger charge is -2.03. The number of ether oxygens (including phenoxy) is 1. The monoisotopic (exact) mass is 242 g/mol. The third-order valence-electron chi connectivity index (χ3n) is 0.793. The van der Waals surface area contributed by atoms with E-state index in [1.54, 1.807) is 0 Å². The van der Waals surface area contributed by atoms with Crippen LogP contribution >= 0.6 is 22.6 Å². The van der Waals surface area contributed by atoms with Gasteiger partial charge in [-0.25, -0.2) is 0 Å². The van der Waals surface area contributed by atoms with Crippen LogP contribution in [0.15, 0.2) is 0 Å². The topological polar surface area (TPSA) is 26.3 Å². The van der Waals surface area contributed by atoms with Gasteiger partial charge >= 0.3 is 5.97 Å². The molecule has 0 aromatic carbocycles. The van der Waals surface area contributed by atoms with E-state index in [-0.39, 0.29) is 11.9 Å². The Morgan fingerprint density at radius 2 is 2.22 bits per heavy atom. The fourth-order valence-corrected chi connectivity index (χ4v) is 0.526. The van der Waals surface area contributed by atoms with Gasteiger partial charge in [0.15, 0.2) is 0 Å². The predicted molar refractivity (Wildman–Crippen MR) is 44.7 cm³/mol.